The number of hydrogen-bond donors (Lipinski definition) is 3. The highest BCUT2D eigenvalue weighted by Gasteiger charge is 2.15. The van der Waals surface area contributed by atoms with Gasteiger partial charge < -0.3 is 15.7 Å². The number of carboxylic acid groups (broad SMARTS) is 1. The van der Waals surface area contributed by atoms with Crippen LogP contribution in [0.25, 0.3) is 0 Å². The summed E-state index contributed by atoms with van der Waals surface area (Å²) in [5.74, 6) is -0.165. The standard InChI is InChI=1S/C13H24N2O3/c1-10(4-7-13(17)18)15-12(16)6-5-11-3-2-8-14-9-11/h10-11,14H,2-9H2,1H3,(H,15,16)(H,17,18). The number of carbonyl (C=O) groups excluding carboxylic acids is 1. The van der Waals surface area contributed by atoms with Crippen molar-refractivity contribution in [1.82, 2.24) is 10.6 Å². The zero-order valence-electron chi connectivity index (χ0n) is 11.1. The van der Waals surface area contributed by atoms with Crippen LogP contribution in [0.2, 0.25) is 0 Å². The Kier molecular flexibility index (Phi) is 6.72. The predicted octanol–water partition coefficient (Wildman–Crippen LogP) is 1.14. The Morgan fingerprint density at radius 2 is 2.22 bits per heavy atom. The van der Waals surface area contributed by atoms with E-state index in [2.05, 4.69) is 10.6 Å². The number of carbonyl (C=O) groups is 2. The SMILES string of the molecule is CC(CCC(=O)O)NC(=O)CCC1CCCNC1. The summed E-state index contributed by atoms with van der Waals surface area (Å²) >= 11 is 0. The van der Waals surface area contributed by atoms with Crippen LogP contribution in [0.5, 0.6) is 0 Å². The molecule has 1 heterocycles. The maximum Gasteiger partial charge on any atom is 0.303 e. The van der Waals surface area contributed by atoms with E-state index in [1.54, 1.807) is 0 Å². The molecule has 3 N–H and O–H groups in total. The van der Waals surface area contributed by atoms with E-state index in [1.807, 2.05) is 6.92 Å². The van der Waals surface area contributed by atoms with E-state index in [0.717, 1.165) is 19.5 Å². The first-order chi connectivity index (χ1) is 8.58. The number of carboxylic acids is 1. The molecule has 0 spiro atoms. The smallest absolute Gasteiger partial charge is 0.303 e. The average molecular weight is 256 g/mol. The van der Waals surface area contributed by atoms with Gasteiger partial charge in [0.05, 0.1) is 0 Å². The summed E-state index contributed by atoms with van der Waals surface area (Å²) in [4.78, 5) is 22.1. The minimum Gasteiger partial charge on any atom is -0.481 e. The second-order valence-corrected chi connectivity index (χ2v) is 5.15. The fourth-order valence-electron chi connectivity index (χ4n) is 2.26. The molecule has 0 aromatic carbocycles. The molecule has 1 rings (SSSR count). The lowest BCUT2D eigenvalue weighted by atomic mass is 9.94. The molecule has 0 aromatic rings. The summed E-state index contributed by atoms with van der Waals surface area (Å²) < 4.78 is 0. The number of aliphatic carboxylic acids is 1. The van der Waals surface area contributed by atoms with Gasteiger partial charge in [-0.3, -0.25) is 9.59 Å². The molecular formula is C13H24N2O3. The Morgan fingerprint density at radius 3 is 2.83 bits per heavy atom. The van der Waals surface area contributed by atoms with Gasteiger partial charge in [0.15, 0.2) is 0 Å². The van der Waals surface area contributed by atoms with Crippen molar-refractivity contribution >= 4 is 11.9 Å². The Balaban J connectivity index is 2.10. The van der Waals surface area contributed by atoms with E-state index in [4.69, 9.17) is 5.11 Å². The normalized spacial score (nSPS) is 21.3. The second-order valence-electron chi connectivity index (χ2n) is 5.15. The van der Waals surface area contributed by atoms with Gasteiger partial charge in [-0.05, 0) is 51.6 Å². The number of piperidine rings is 1. The first-order valence-electron chi connectivity index (χ1n) is 6.80. The van der Waals surface area contributed by atoms with Crippen LogP contribution in [-0.2, 0) is 9.59 Å². The molecule has 0 bridgehead atoms. The van der Waals surface area contributed by atoms with Gasteiger partial charge in [-0.2, -0.15) is 0 Å². The van der Waals surface area contributed by atoms with Crippen LogP contribution in [-0.4, -0.2) is 36.1 Å². The number of amides is 1. The van der Waals surface area contributed by atoms with Gasteiger partial charge in [-0.25, -0.2) is 0 Å². The molecule has 0 saturated carbocycles. The summed E-state index contributed by atoms with van der Waals surface area (Å²) in [6.07, 6.45) is 4.46. The highest BCUT2D eigenvalue weighted by Crippen LogP contribution is 2.15. The molecule has 5 heteroatoms. The van der Waals surface area contributed by atoms with Crippen LogP contribution in [0, 0.1) is 5.92 Å². The molecule has 0 aliphatic carbocycles. The molecule has 104 valence electrons. The third-order valence-corrected chi connectivity index (χ3v) is 3.38. The Labute approximate surface area is 108 Å². The zero-order chi connectivity index (χ0) is 13.4. The molecule has 1 saturated heterocycles. The first-order valence-corrected chi connectivity index (χ1v) is 6.80. The molecule has 1 fully saturated rings. The van der Waals surface area contributed by atoms with Crippen molar-refractivity contribution in [1.29, 1.82) is 0 Å². The molecule has 1 aliphatic heterocycles. The number of rotatable bonds is 7. The van der Waals surface area contributed by atoms with Crippen molar-refractivity contribution in [3.8, 4) is 0 Å². The molecular weight excluding hydrogens is 232 g/mol. The lowest BCUT2D eigenvalue weighted by Gasteiger charge is -2.22. The second kappa shape index (κ2) is 8.08. The van der Waals surface area contributed by atoms with Crippen LogP contribution >= 0.6 is 0 Å². The number of hydrogen-bond acceptors (Lipinski definition) is 3. The lowest BCUT2D eigenvalue weighted by molar-refractivity contribution is -0.137. The first kappa shape index (κ1) is 15.0. The minimum atomic E-state index is -0.815. The quantitative estimate of drug-likeness (QED) is 0.638. The van der Waals surface area contributed by atoms with Crippen molar-refractivity contribution in [3.05, 3.63) is 0 Å². The van der Waals surface area contributed by atoms with E-state index in [0.29, 0.717) is 18.8 Å². The van der Waals surface area contributed by atoms with Crippen LogP contribution < -0.4 is 10.6 Å². The summed E-state index contributed by atoms with van der Waals surface area (Å²) in [6.45, 7) is 3.96. The van der Waals surface area contributed by atoms with Crippen LogP contribution in [0.15, 0.2) is 0 Å². The van der Waals surface area contributed by atoms with Crippen molar-refractivity contribution < 1.29 is 14.7 Å². The highest BCUT2D eigenvalue weighted by molar-refractivity contribution is 5.76. The van der Waals surface area contributed by atoms with Gasteiger partial charge >= 0.3 is 5.97 Å². The molecule has 1 amide bonds. The van der Waals surface area contributed by atoms with Gasteiger partial charge in [0.1, 0.15) is 0 Å². The van der Waals surface area contributed by atoms with E-state index >= 15 is 0 Å². The van der Waals surface area contributed by atoms with Crippen LogP contribution in [0.1, 0.15) is 45.4 Å². The molecule has 0 radical (unpaired) electrons. The molecule has 5 nitrogen and oxygen atoms in total. The third kappa shape index (κ3) is 6.59. The van der Waals surface area contributed by atoms with E-state index in [1.165, 1.54) is 12.8 Å². The largest absolute Gasteiger partial charge is 0.481 e. The topological polar surface area (TPSA) is 78.4 Å². The van der Waals surface area contributed by atoms with E-state index in [-0.39, 0.29) is 18.4 Å². The minimum absolute atomic E-state index is 0.0402. The molecule has 18 heavy (non-hydrogen) atoms. The van der Waals surface area contributed by atoms with Crippen molar-refractivity contribution in [3.63, 3.8) is 0 Å². The monoisotopic (exact) mass is 256 g/mol. The summed E-state index contributed by atoms with van der Waals surface area (Å²) in [7, 11) is 0. The zero-order valence-corrected chi connectivity index (χ0v) is 11.1. The fraction of sp³-hybridized carbons (Fsp3) is 0.846. The lowest BCUT2D eigenvalue weighted by Crippen LogP contribution is -2.34. The average Bonchev–Trinajstić information content (AvgIpc) is 2.35. The Morgan fingerprint density at radius 1 is 1.44 bits per heavy atom. The van der Waals surface area contributed by atoms with Crippen molar-refractivity contribution in [2.24, 2.45) is 5.92 Å². The third-order valence-electron chi connectivity index (χ3n) is 3.38. The molecule has 1 aliphatic rings. The van der Waals surface area contributed by atoms with Gasteiger partial charge in [0, 0.05) is 18.9 Å². The summed E-state index contributed by atoms with van der Waals surface area (Å²) in [5, 5.41) is 14.7. The van der Waals surface area contributed by atoms with Crippen LogP contribution in [0.4, 0.5) is 0 Å². The predicted molar refractivity (Wildman–Crippen MR) is 69.3 cm³/mol. The molecule has 2 unspecified atom stereocenters. The van der Waals surface area contributed by atoms with Gasteiger partial charge in [0.25, 0.3) is 0 Å². The van der Waals surface area contributed by atoms with E-state index < -0.39 is 5.97 Å². The van der Waals surface area contributed by atoms with Gasteiger partial charge in [0.2, 0.25) is 5.91 Å². The Hall–Kier alpha value is -1.10. The maximum atomic E-state index is 11.7. The van der Waals surface area contributed by atoms with Crippen molar-refractivity contribution in [2.75, 3.05) is 13.1 Å². The van der Waals surface area contributed by atoms with Crippen LogP contribution in [0.3, 0.4) is 0 Å². The highest BCUT2D eigenvalue weighted by atomic mass is 16.4. The Bertz CT molecular complexity index is 275. The summed E-state index contributed by atoms with van der Waals surface area (Å²) in [6, 6.07) is -0.0573. The molecule has 0 aromatic heterocycles. The maximum absolute atomic E-state index is 11.7. The number of nitrogens with one attached hydrogen (secondary N) is 2. The molecule has 2 atom stereocenters. The summed E-state index contributed by atoms with van der Waals surface area (Å²) in [5.41, 5.74) is 0. The van der Waals surface area contributed by atoms with Crippen molar-refractivity contribution in [2.45, 2.75) is 51.5 Å². The van der Waals surface area contributed by atoms with E-state index in [9.17, 15) is 9.59 Å². The van der Waals surface area contributed by atoms with Gasteiger partial charge in [-0.15, -0.1) is 0 Å². The fourth-order valence-corrected chi connectivity index (χ4v) is 2.26. The van der Waals surface area contributed by atoms with Gasteiger partial charge in [-0.1, -0.05) is 0 Å².